The van der Waals surface area contributed by atoms with Crippen molar-refractivity contribution >= 4 is 5.78 Å². The number of nitrogens with zero attached hydrogens (tertiary/aromatic N) is 4. The maximum Gasteiger partial charge on any atom is 0.253 e. The molecule has 29 heavy (non-hydrogen) atoms. The number of ether oxygens (including phenoxy) is 4. The van der Waals surface area contributed by atoms with E-state index in [1.807, 2.05) is 48.5 Å². The third-order valence-electron chi connectivity index (χ3n) is 4.73. The normalized spacial score (nSPS) is 15.3. The van der Waals surface area contributed by atoms with Gasteiger partial charge in [0.1, 0.15) is 6.61 Å². The van der Waals surface area contributed by atoms with Gasteiger partial charge in [0, 0.05) is 11.8 Å². The second-order valence-electron chi connectivity index (χ2n) is 6.45. The van der Waals surface area contributed by atoms with E-state index < -0.39 is 6.10 Å². The van der Waals surface area contributed by atoms with Crippen LogP contribution < -0.4 is 18.9 Å². The summed E-state index contributed by atoms with van der Waals surface area (Å²) in [5, 5.41) is 4.65. The van der Waals surface area contributed by atoms with Crippen molar-refractivity contribution in [1.82, 2.24) is 19.6 Å². The predicted molar refractivity (Wildman–Crippen MR) is 105 cm³/mol. The topological polar surface area (TPSA) is 80.0 Å². The molecule has 3 heterocycles. The van der Waals surface area contributed by atoms with E-state index in [1.54, 1.807) is 24.9 Å². The van der Waals surface area contributed by atoms with E-state index >= 15 is 0 Å². The van der Waals surface area contributed by atoms with Gasteiger partial charge in [-0.1, -0.05) is 12.1 Å². The number of benzene rings is 2. The Morgan fingerprint density at radius 1 is 1.00 bits per heavy atom. The Morgan fingerprint density at radius 2 is 1.83 bits per heavy atom. The second-order valence-corrected chi connectivity index (χ2v) is 6.45. The molecule has 2 aromatic carbocycles. The fraction of sp³-hybridized carbons (Fsp3) is 0.190. The van der Waals surface area contributed by atoms with Crippen molar-refractivity contribution in [2.75, 3.05) is 20.8 Å². The molecule has 0 bridgehead atoms. The molecule has 1 atom stereocenters. The summed E-state index contributed by atoms with van der Waals surface area (Å²) in [4.78, 5) is 8.89. The predicted octanol–water partition coefficient (Wildman–Crippen LogP) is 3.32. The Balaban J connectivity index is 1.54. The van der Waals surface area contributed by atoms with Gasteiger partial charge in [-0.2, -0.15) is 9.50 Å². The Hall–Kier alpha value is -3.81. The first kappa shape index (κ1) is 17.3. The Kier molecular flexibility index (Phi) is 4.16. The lowest BCUT2D eigenvalue weighted by Gasteiger charge is -2.24. The van der Waals surface area contributed by atoms with Crippen LogP contribution in [-0.4, -0.2) is 40.4 Å². The summed E-state index contributed by atoms with van der Waals surface area (Å²) in [6, 6.07) is 15.1. The van der Waals surface area contributed by atoms with Crippen molar-refractivity contribution in [2.24, 2.45) is 0 Å². The van der Waals surface area contributed by atoms with Gasteiger partial charge in [0.2, 0.25) is 0 Å². The molecule has 0 fully saturated rings. The fourth-order valence-electron chi connectivity index (χ4n) is 3.31. The summed E-state index contributed by atoms with van der Waals surface area (Å²) in [6.07, 6.45) is 1.29. The first-order valence-electron chi connectivity index (χ1n) is 9.09. The lowest BCUT2D eigenvalue weighted by Crippen LogP contribution is -2.22. The molecule has 0 aliphatic carbocycles. The van der Waals surface area contributed by atoms with Crippen LogP contribution in [0.15, 0.2) is 54.7 Å². The van der Waals surface area contributed by atoms with Crippen molar-refractivity contribution in [3.05, 3.63) is 60.6 Å². The summed E-state index contributed by atoms with van der Waals surface area (Å²) in [5.41, 5.74) is 1.73. The molecule has 5 rings (SSSR count). The maximum atomic E-state index is 6.03. The van der Waals surface area contributed by atoms with Gasteiger partial charge in [0.25, 0.3) is 5.78 Å². The molecule has 2 aromatic heterocycles. The molecule has 0 spiro atoms. The zero-order chi connectivity index (χ0) is 19.8. The van der Waals surface area contributed by atoms with Crippen LogP contribution in [0.3, 0.4) is 0 Å². The van der Waals surface area contributed by atoms with Gasteiger partial charge < -0.3 is 18.9 Å². The number of aromatic nitrogens is 4. The van der Waals surface area contributed by atoms with E-state index in [0.29, 0.717) is 35.5 Å². The maximum absolute atomic E-state index is 6.03. The highest BCUT2D eigenvalue weighted by Gasteiger charge is 2.26. The van der Waals surface area contributed by atoms with E-state index in [9.17, 15) is 0 Å². The number of methoxy groups -OCH3 is 2. The quantitative estimate of drug-likeness (QED) is 0.529. The number of hydrogen-bond donors (Lipinski definition) is 0. The van der Waals surface area contributed by atoms with Gasteiger partial charge >= 0.3 is 0 Å². The molecular weight excluding hydrogens is 372 g/mol. The summed E-state index contributed by atoms with van der Waals surface area (Å²) in [7, 11) is 3.21. The zero-order valence-corrected chi connectivity index (χ0v) is 15.9. The molecule has 0 amide bonds. The highest BCUT2D eigenvalue weighted by atomic mass is 16.6. The van der Waals surface area contributed by atoms with Crippen LogP contribution in [0.4, 0.5) is 0 Å². The van der Waals surface area contributed by atoms with Crippen molar-refractivity contribution in [3.63, 3.8) is 0 Å². The van der Waals surface area contributed by atoms with E-state index in [2.05, 4.69) is 15.1 Å². The molecule has 8 heteroatoms. The van der Waals surface area contributed by atoms with Crippen molar-refractivity contribution < 1.29 is 18.9 Å². The van der Waals surface area contributed by atoms with E-state index in [0.717, 1.165) is 17.0 Å². The Labute approximate surface area is 166 Å². The SMILES string of the molecule is COc1ccc(-c2ccnc3nc([C@H]4COc5ccccc5O4)nn23)cc1OC. The lowest BCUT2D eigenvalue weighted by molar-refractivity contribution is 0.0852. The molecule has 0 saturated carbocycles. The molecule has 4 aromatic rings. The number of hydrogen-bond acceptors (Lipinski definition) is 7. The summed E-state index contributed by atoms with van der Waals surface area (Å²) < 4.78 is 24.3. The summed E-state index contributed by atoms with van der Waals surface area (Å²) in [6.45, 7) is 0.333. The highest BCUT2D eigenvalue weighted by Crippen LogP contribution is 2.36. The van der Waals surface area contributed by atoms with Crippen LogP contribution in [-0.2, 0) is 0 Å². The largest absolute Gasteiger partial charge is 0.493 e. The monoisotopic (exact) mass is 390 g/mol. The second kappa shape index (κ2) is 6.97. The van der Waals surface area contributed by atoms with Gasteiger partial charge in [0.05, 0.1) is 19.9 Å². The van der Waals surface area contributed by atoms with Crippen LogP contribution in [0.5, 0.6) is 23.0 Å². The van der Waals surface area contributed by atoms with Gasteiger partial charge in [-0.05, 0) is 36.4 Å². The Morgan fingerprint density at radius 3 is 2.66 bits per heavy atom. The summed E-state index contributed by atoms with van der Waals surface area (Å²) in [5.74, 6) is 3.69. The van der Waals surface area contributed by atoms with E-state index in [1.165, 1.54) is 0 Å². The minimum atomic E-state index is -0.412. The summed E-state index contributed by atoms with van der Waals surface area (Å²) >= 11 is 0. The van der Waals surface area contributed by atoms with Crippen molar-refractivity contribution in [1.29, 1.82) is 0 Å². The third kappa shape index (κ3) is 2.98. The smallest absolute Gasteiger partial charge is 0.253 e. The van der Waals surface area contributed by atoms with Gasteiger partial charge in [-0.25, -0.2) is 4.98 Å². The highest BCUT2D eigenvalue weighted by molar-refractivity contribution is 5.65. The lowest BCUT2D eigenvalue weighted by atomic mass is 10.1. The molecule has 0 saturated heterocycles. The molecular formula is C21H18N4O4. The average molecular weight is 390 g/mol. The van der Waals surface area contributed by atoms with Crippen LogP contribution in [0.1, 0.15) is 11.9 Å². The number of rotatable bonds is 4. The van der Waals surface area contributed by atoms with Crippen LogP contribution in [0, 0.1) is 0 Å². The molecule has 0 N–H and O–H groups in total. The molecule has 8 nitrogen and oxygen atoms in total. The number of fused-ring (bicyclic) bond motifs is 2. The molecule has 0 radical (unpaired) electrons. The van der Waals surface area contributed by atoms with E-state index in [4.69, 9.17) is 18.9 Å². The van der Waals surface area contributed by atoms with Gasteiger partial charge in [0.15, 0.2) is 34.9 Å². The van der Waals surface area contributed by atoms with Crippen LogP contribution in [0.25, 0.3) is 17.0 Å². The Bertz CT molecular complexity index is 1190. The molecule has 146 valence electrons. The fourth-order valence-corrected chi connectivity index (χ4v) is 3.31. The number of para-hydroxylation sites is 2. The first-order valence-corrected chi connectivity index (χ1v) is 9.09. The van der Waals surface area contributed by atoms with Gasteiger partial charge in [-0.15, -0.1) is 5.10 Å². The van der Waals surface area contributed by atoms with Crippen molar-refractivity contribution in [2.45, 2.75) is 6.10 Å². The minimum absolute atomic E-state index is 0.333. The van der Waals surface area contributed by atoms with Crippen LogP contribution >= 0.6 is 0 Å². The molecule has 0 unspecified atom stereocenters. The first-order chi connectivity index (χ1) is 14.3. The van der Waals surface area contributed by atoms with E-state index in [-0.39, 0.29) is 0 Å². The standard InChI is InChI=1S/C21H18N4O4/c1-26-15-8-7-13(11-18(15)27-2)14-9-10-22-21-23-20(24-25(14)21)19-12-28-16-5-3-4-6-17(16)29-19/h3-11,19H,12H2,1-2H3/t19-/m1/s1. The third-order valence-corrected chi connectivity index (χ3v) is 4.73. The van der Waals surface area contributed by atoms with Crippen molar-refractivity contribution in [3.8, 4) is 34.3 Å². The van der Waals surface area contributed by atoms with Crippen LogP contribution in [0.2, 0.25) is 0 Å². The molecule has 1 aliphatic rings. The minimum Gasteiger partial charge on any atom is -0.493 e. The zero-order valence-electron chi connectivity index (χ0n) is 15.9. The van der Waals surface area contributed by atoms with Gasteiger partial charge in [-0.3, -0.25) is 0 Å². The molecule has 1 aliphatic heterocycles. The average Bonchev–Trinajstić information content (AvgIpc) is 3.22.